The van der Waals surface area contributed by atoms with Gasteiger partial charge in [0.15, 0.2) is 0 Å². The van der Waals surface area contributed by atoms with Crippen LogP contribution in [-0.4, -0.2) is 72.1 Å². The van der Waals surface area contributed by atoms with Crippen LogP contribution in [0, 0.1) is 0 Å². The fourth-order valence-corrected chi connectivity index (χ4v) is 3.81. The van der Waals surface area contributed by atoms with Gasteiger partial charge in [-0.05, 0) is 12.1 Å². The van der Waals surface area contributed by atoms with Crippen molar-refractivity contribution in [1.29, 1.82) is 0 Å². The van der Waals surface area contributed by atoms with Gasteiger partial charge in [-0.3, -0.25) is 14.9 Å². The number of ether oxygens (including phenoxy) is 1. The summed E-state index contributed by atoms with van der Waals surface area (Å²) in [5, 5.41) is 3.21. The number of piperazine rings is 1. The Morgan fingerprint density at radius 2 is 1.83 bits per heavy atom. The minimum Gasteiger partial charge on any atom is -0.493 e. The van der Waals surface area contributed by atoms with Gasteiger partial charge in [-0.1, -0.05) is 18.2 Å². The molecule has 2 saturated heterocycles. The molecule has 1 aromatic carbocycles. The van der Waals surface area contributed by atoms with Gasteiger partial charge in [0.1, 0.15) is 5.75 Å². The summed E-state index contributed by atoms with van der Waals surface area (Å²) < 4.78 is 5.57. The Labute approximate surface area is 146 Å². The van der Waals surface area contributed by atoms with E-state index in [9.17, 15) is 9.59 Å². The van der Waals surface area contributed by atoms with Crippen molar-refractivity contribution in [2.45, 2.75) is 12.5 Å². The lowest BCUT2D eigenvalue weighted by Gasteiger charge is -2.36. The van der Waals surface area contributed by atoms with Crippen molar-refractivity contribution < 1.29 is 14.3 Å². The van der Waals surface area contributed by atoms with Crippen LogP contribution < -0.4 is 10.1 Å². The maximum atomic E-state index is 12.3. The average molecular weight is 349 g/mol. The first-order valence-electron chi connectivity index (χ1n) is 8.29. The highest BCUT2D eigenvalue weighted by Crippen LogP contribution is 2.14. The maximum Gasteiger partial charge on any atom is 0.240 e. The zero-order chi connectivity index (χ0) is 16.8. The van der Waals surface area contributed by atoms with Crippen LogP contribution in [0.2, 0.25) is 0 Å². The smallest absolute Gasteiger partial charge is 0.240 e. The molecule has 2 aliphatic heterocycles. The predicted octanol–water partition coefficient (Wildman–Crippen LogP) is 0.789. The molecule has 24 heavy (non-hydrogen) atoms. The normalized spacial score (nSPS) is 20.9. The molecule has 0 aliphatic carbocycles. The number of benzene rings is 1. The zero-order valence-corrected chi connectivity index (χ0v) is 14.5. The first-order valence-corrected chi connectivity index (χ1v) is 9.45. The Kier molecular flexibility index (Phi) is 5.98. The van der Waals surface area contributed by atoms with Gasteiger partial charge in [0.25, 0.3) is 0 Å². The van der Waals surface area contributed by atoms with Gasteiger partial charge in [0, 0.05) is 37.8 Å². The molecule has 2 fully saturated rings. The quantitative estimate of drug-likeness (QED) is 0.852. The molecule has 2 aliphatic rings. The van der Waals surface area contributed by atoms with E-state index in [-0.39, 0.29) is 17.9 Å². The van der Waals surface area contributed by atoms with Gasteiger partial charge in [0.05, 0.1) is 19.1 Å². The van der Waals surface area contributed by atoms with Crippen molar-refractivity contribution in [3.63, 3.8) is 0 Å². The molecule has 1 aromatic rings. The Hall–Kier alpha value is -1.73. The van der Waals surface area contributed by atoms with E-state index in [0.717, 1.165) is 17.4 Å². The lowest BCUT2D eigenvalue weighted by Crippen LogP contribution is -2.54. The Balaban J connectivity index is 1.38. The molecule has 7 heteroatoms. The topological polar surface area (TPSA) is 61.9 Å². The molecule has 130 valence electrons. The summed E-state index contributed by atoms with van der Waals surface area (Å²) in [6.07, 6.45) is 0.365. The van der Waals surface area contributed by atoms with Crippen molar-refractivity contribution in [2.75, 3.05) is 44.4 Å². The molecule has 6 nitrogen and oxygen atoms in total. The Bertz CT molecular complexity index is 555. The lowest BCUT2D eigenvalue weighted by molar-refractivity contribution is -0.140. The second kappa shape index (κ2) is 8.39. The second-order valence-electron chi connectivity index (χ2n) is 5.89. The highest BCUT2D eigenvalue weighted by Gasteiger charge is 2.30. The number of thioether (sulfide) groups is 1. The molecule has 2 amide bonds. The molecule has 0 radical (unpaired) electrons. The zero-order valence-electron chi connectivity index (χ0n) is 13.6. The third kappa shape index (κ3) is 4.42. The van der Waals surface area contributed by atoms with Crippen LogP contribution in [0.4, 0.5) is 0 Å². The molecule has 0 bridgehead atoms. The van der Waals surface area contributed by atoms with E-state index in [1.807, 2.05) is 40.1 Å². The van der Waals surface area contributed by atoms with Gasteiger partial charge in [-0.25, -0.2) is 0 Å². The monoisotopic (exact) mass is 349 g/mol. The van der Waals surface area contributed by atoms with E-state index in [0.29, 0.717) is 39.2 Å². The second-order valence-corrected chi connectivity index (χ2v) is 6.92. The van der Waals surface area contributed by atoms with E-state index in [4.69, 9.17) is 4.74 Å². The highest BCUT2D eigenvalue weighted by atomic mass is 32.2. The van der Waals surface area contributed by atoms with Gasteiger partial charge >= 0.3 is 0 Å². The van der Waals surface area contributed by atoms with E-state index in [1.165, 1.54) is 0 Å². The third-order valence-corrected chi connectivity index (χ3v) is 5.23. The van der Waals surface area contributed by atoms with Crippen LogP contribution in [-0.2, 0) is 9.59 Å². The molecule has 0 saturated carbocycles. The fourth-order valence-electron chi connectivity index (χ4n) is 2.88. The minimum atomic E-state index is -0.0588. The number of para-hydroxylation sites is 1. The minimum absolute atomic E-state index is 0.0588. The van der Waals surface area contributed by atoms with E-state index in [1.54, 1.807) is 11.8 Å². The van der Waals surface area contributed by atoms with Crippen LogP contribution in [0.15, 0.2) is 30.3 Å². The van der Waals surface area contributed by atoms with Crippen molar-refractivity contribution in [2.24, 2.45) is 0 Å². The van der Waals surface area contributed by atoms with E-state index in [2.05, 4.69) is 5.32 Å². The fraction of sp³-hybridized carbons (Fsp3) is 0.529. The number of rotatable bonds is 5. The number of nitrogens with zero attached hydrogens (tertiary/aromatic N) is 2. The highest BCUT2D eigenvalue weighted by molar-refractivity contribution is 7.99. The van der Waals surface area contributed by atoms with Crippen molar-refractivity contribution >= 4 is 23.6 Å². The summed E-state index contributed by atoms with van der Waals surface area (Å²) in [5.41, 5.74) is 0. The lowest BCUT2D eigenvalue weighted by atomic mass is 10.2. The average Bonchev–Trinajstić information content (AvgIpc) is 3.17. The number of hydrogen-bond donors (Lipinski definition) is 1. The summed E-state index contributed by atoms with van der Waals surface area (Å²) in [7, 11) is 0. The first-order chi connectivity index (χ1) is 11.7. The number of hydrogen-bond acceptors (Lipinski definition) is 5. The molecular formula is C17H23N3O3S. The maximum absolute atomic E-state index is 12.3. The first kappa shape index (κ1) is 17.1. The summed E-state index contributed by atoms with van der Waals surface area (Å²) >= 11 is 1.75. The van der Waals surface area contributed by atoms with Gasteiger partial charge in [-0.15, -0.1) is 11.8 Å². The molecular weight excluding hydrogens is 326 g/mol. The Morgan fingerprint density at radius 3 is 2.50 bits per heavy atom. The molecule has 0 spiro atoms. The number of carbonyl (C=O) groups excluding carboxylic acids is 2. The van der Waals surface area contributed by atoms with Crippen LogP contribution in [0.1, 0.15) is 6.42 Å². The Morgan fingerprint density at radius 1 is 1.12 bits per heavy atom. The number of carbonyl (C=O) groups is 2. The standard InChI is InChI=1S/C17H23N3O3S/c21-16(6-11-23-14-4-2-1-3-5-14)19-7-9-20(10-8-19)17(22)15-12-24-13-18-15/h1-5,15,18H,6-13H2. The molecule has 1 N–H and O–H groups in total. The van der Waals surface area contributed by atoms with Crippen molar-refractivity contribution in [3.05, 3.63) is 30.3 Å². The summed E-state index contributed by atoms with van der Waals surface area (Å²) in [5.74, 6) is 2.72. The SMILES string of the molecule is O=C(CCOc1ccccc1)N1CCN(C(=O)C2CSCN2)CC1. The van der Waals surface area contributed by atoms with Crippen molar-refractivity contribution in [1.82, 2.24) is 15.1 Å². The third-order valence-electron chi connectivity index (χ3n) is 4.29. The van der Waals surface area contributed by atoms with Crippen LogP contribution in [0.3, 0.4) is 0 Å². The number of amides is 2. The van der Waals surface area contributed by atoms with E-state index < -0.39 is 0 Å². The predicted molar refractivity (Wildman–Crippen MR) is 94.0 cm³/mol. The molecule has 1 unspecified atom stereocenters. The molecule has 2 heterocycles. The number of nitrogens with one attached hydrogen (secondary N) is 1. The largest absolute Gasteiger partial charge is 0.493 e. The molecule has 1 atom stereocenters. The van der Waals surface area contributed by atoms with Crippen molar-refractivity contribution in [3.8, 4) is 5.75 Å². The summed E-state index contributed by atoms with van der Waals surface area (Å²) in [4.78, 5) is 28.3. The molecule has 3 rings (SSSR count). The van der Waals surface area contributed by atoms with Gasteiger partial charge in [0.2, 0.25) is 11.8 Å². The van der Waals surface area contributed by atoms with Gasteiger partial charge < -0.3 is 14.5 Å². The van der Waals surface area contributed by atoms with Crippen LogP contribution in [0.25, 0.3) is 0 Å². The summed E-state index contributed by atoms with van der Waals surface area (Å²) in [6.45, 7) is 2.83. The molecule has 0 aromatic heterocycles. The summed E-state index contributed by atoms with van der Waals surface area (Å²) in [6, 6.07) is 9.44. The van der Waals surface area contributed by atoms with Crippen LogP contribution >= 0.6 is 11.8 Å². The van der Waals surface area contributed by atoms with Gasteiger partial charge in [-0.2, -0.15) is 0 Å². The van der Waals surface area contributed by atoms with E-state index >= 15 is 0 Å². The van der Waals surface area contributed by atoms with Crippen LogP contribution in [0.5, 0.6) is 5.75 Å².